The van der Waals surface area contributed by atoms with E-state index in [9.17, 15) is 18.0 Å². The van der Waals surface area contributed by atoms with Gasteiger partial charge >= 0.3 is 0 Å². The maximum atomic E-state index is 12.7. The van der Waals surface area contributed by atoms with Crippen LogP contribution in [0.4, 0.5) is 0 Å². The summed E-state index contributed by atoms with van der Waals surface area (Å²) in [6, 6.07) is 4.40. The van der Waals surface area contributed by atoms with Gasteiger partial charge in [-0.25, -0.2) is 18.6 Å². The second-order valence-electron chi connectivity index (χ2n) is 8.27. The number of hydrogen-bond donors (Lipinski definition) is 4. The van der Waals surface area contributed by atoms with Gasteiger partial charge in [-0.05, 0) is 49.9 Å². The number of hydroxylamine groups is 1. The van der Waals surface area contributed by atoms with Gasteiger partial charge in [-0.1, -0.05) is 13.8 Å². The van der Waals surface area contributed by atoms with E-state index in [0.29, 0.717) is 37.9 Å². The van der Waals surface area contributed by atoms with Crippen LogP contribution in [0.3, 0.4) is 0 Å². The zero-order valence-electron chi connectivity index (χ0n) is 18.8. The number of amides is 1. The van der Waals surface area contributed by atoms with Gasteiger partial charge in [-0.2, -0.15) is 0 Å². The second kappa shape index (κ2) is 12.3. The Labute approximate surface area is 189 Å². The molecule has 1 fully saturated rings. The highest BCUT2D eigenvalue weighted by molar-refractivity contribution is 7.89. The lowest BCUT2D eigenvalue weighted by atomic mass is 10.1. The Bertz CT molecular complexity index is 860. The minimum Gasteiger partial charge on any atom is -0.494 e. The van der Waals surface area contributed by atoms with Gasteiger partial charge < -0.3 is 10.1 Å². The van der Waals surface area contributed by atoms with Crippen molar-refractivity contribution in [2.24, 2.45) is 5.92 Å². The number of piperazine rings is 1. The lowest BCUT2D eigenvalue weighted by molar-refractivity contribution is -0.138. The Kier molecular flexibility index (Phi) is 10.0. The number of rotatable bonds is 12. The summed E-state index contributed by atoms with van der Waals surface area (Å²) < 4.78 is 33.6. The van der Waals surface area contributed by atoms with Crippen molar-refractivity contribution in [3.63, 3.8) is 0 Å². The summed E-state index contributed by atoms with van der Waals surface area (Å²) >= 11 is 0. The van der Waals surface area contributed by atoms with Crippen molar-refractivity contribution < 1.29 is 28.0 Å². The molecule has 1 aromatic carbocycles. The average molecular weight is 471 g/mol. The number of benzene rings is 1. The van der Waals surface area contributed by atoms with Gasteiger partial charge in [0.1, 0.15) is 17.6 Å². The number of Topliss-reactive ketones (excluding diaryl/α,β-unsaturated/α-hetero) is 1. The van der Waals surface area contributed by atoms with Crippen LogP contribution < -0.4 is 20.3 Å². The molecule has 0 spiro atoms. The highest BCUT2D eigenvalue weighted by atomic mass is 32.2. The van der Waals surface area contributed by atoms with Crippen molar-refractivity contribution >= 4 is 21.7 Å². The molecule has 0 aliphatic carbocycles. The summed E-state index contributed by atoms with van der Waals surface area (Å²) in [5, 5.41) is 12.2. The highest BCUT2D eigenvalue weighted by Crippen LogP contribution is 2.17. The van der Waals surface area contributed by atoms with Crippen LogP contribution in [0.2, 0.25) is 0 Å². The number of ether oxygens (including phenoxy) is 1. The predicted octanol–water partition coefficient (Wildman–Crippen LogP) is 0.517. The molecule has 1 aliphatic rings. The Hall–Kier alpha value is -2.05. The topological polar surface area (TPSA) is 137 Å². The number of nitrogens with one attached hydrogen (secondary N) is 3. The zero-order chi connectivity index (χ0) is 23.7. The largest absolute Gasteiger partial charge is 0.494 e. The van der Waals surface area contributed by atoms with Crippen molar-refractivity contribution in [2.45, 2.75) is 50.6 Å². The summed E-state index contributed by atoms with van der Waals surface area (Å²) in [4.78, 5) is 25.9. The van der Waals surface area contributed by atoms with Gasteiger partial charge in [0.15, 0.2) is 0 Å². The van der Waals surface area contributed by atoms with Crippen molar-refractivity contribution in [1.82, 2.24) is 20.4 Å². The molecule has 0 radical (unpaired) electrons. The molecule has 10 nitrogen and oxygen atoms in total. The molecule has 4 N–H and O–H groups in total. The number of hydrogen-bond acceptors (Lipinski definition) is 8. The van der Waals surface area contributed by atoms with Gasteiger partial charge in [0, 0.05) is 26.2 Å². The Balaban J connectivity index is 2.03. The molecule has 180 valence electrons. The summed E-state index contributed by atoms with van der Waals surface area (Å²) in [6.07, 6.45) is 1.97. The molecule has 2 atom stereocenters. The van der Waals surface area contributed by atoms with Crippen LogP contribution in [0.25, 0.3) is 0 Å². The van der Waals surface area contributed by atoms with E-state index in [1.54, 1.807) is 22.5 Å². The third-order valence-corrected chi connectivity index (χ3v) is 6.80. The Morgan fingerprint density at radius 1 is 1.28 bits per heavy atom. The van der Waals surface area contributed by atoms with E-state index in [4.69, 9.17) is 9.94 Å². The van der Waals surface area contributed by atoms with E-state index in [2.05, 4.69) is 23.9 Å². The van der Waals surface area contributed by atoms with Gasteiger partial charge in [0.25, 0.3) is 5.91 Å². The van der Waals surface area contributed by atoms with Crippen molar-refractivity contribution in [1.29, 1.82) is 0 Å². The number of ketones is 1. The standard InChI is InChI=1S/C21H34N4O6S/c1-15(2)5-4-12-31-17-6-8-18(9-7-17)32(29,30)23-14-20(21(27)24-28)25-11-10-22-13-19(25)16(3)26/h6-9,15,19-20,22-23,28H,4-5,10-14H2,1-3H3,(H,24,27). The highest BCUT2D eigenvalue weighted by Gasteiger charge is 2.36. The maximum absolute atomic E-state index is 12.7. The van der Waals surface area contributed by atoms with Crippen LogP contribution in [0.1, 0.15) is 33.6 Å². The minimum absolute atomic E-state index is 0.0265. The first kappa shape index (κ1) is 26.2. The molecule has 0 saturated carbocycles. The molecule has 1 aliphatic heterocycles. The Morgan fingerprint density at radius 2 is 1.97 bits per heavy atom. The van der Waals surface area contributed by atoms with Gasteiger partial charge in [0.05, 0.1) is 17.5 Å². The lowest BCUT2D eigenvalue weighted by Crippen LogP contribution is -2.63. The molecular formula is C21H34N4O6S. The Morgan fingerprint density at radius 3 is 2.56 bits per heavy atom. The first-order valence-electron chi connectivity index (χ1n) is 10.8. The van der Waals surface area contributed by atoms with Crippen LogP contribution in [0.5, 0.6) is 5.75 Å². The van der Waals surface area contributed by atoms with E-state index in [1.165, 1.54) is 19.1 Å². The monoisotopic (exact) mass is 470 g/mol. The van der Waals surface area contributed by atoms with Crippen molar-refractivity contribution in [3.8, 4) is 5.75 Å². The van der Waals surface area contributed by atoms with Crippen LogP contribution in [-0.4, -0.2) is 75.1 Å². The van der Waals surface area contributed by atoms with E-state index < -0.39 is 28.0 Å². The smallest absolute Gasteiger partial charge is 0.262 e. The molecule has 2 unspecified atom stereocenters. The van der Waals surface area contributed by atoms with Gasteiger partial charge in [-0.3, -0.25) is 19.7 Å². The summed E-state index contributed by atoms with van der Waals surface area (Å²) in [5.74, 6) is 0.238. The lowest BCUT2D eigenvalue weighted by Gasteiger charge is -2.39. The quantitative estimate of drug-likeness (QED) is 0.197. The third-order valence-electron chi connectivity index (χ3n) is 5.36. The molecule has 1 amide bonds. The summed E-state index contributed by atoms with van der Waals surface area (Å²) in [5.41, 5.74) is 1.57. The number of carbonyl (C=O) groups excluding carboxylic acids is 2. The number of carbonyl (C=O) groups is 2. The van der Waals surface area contributed by atoms with Crippen LogP contribution in [-0.2, 0) is 19.6 Å². The number of sulfonamides is 1. The van der Waals surface area contributed by atoms with Crippen LogP contribution in [0, 0.1) is 5.92 Å². The normalized spacial score (nSPS) is 18.3. The van der Waals surface area contributed by atoms with E-state index in [0.717, 1.165) is 12.8 Å². The molecule has 1 saturated heterocycles. The SMILES string of the molecule is CC(=O)C1CNCCN1C(CNS(=O)(=O)c1ccc(OCCCC(C)C)cc1)C(=O)NO. The molecule has 0 bridgehead atoms. The van der Waals surface area contributed by atoms with E-state index >= 15 is 0 Å². The van der Waals surface area contributed by atoms with Crippen molar-refractivity contribution in [3.05, 3.63) is 24.3 Å². The number of nitrogens with zero attached hydrogens (tertiary/aromatic N) is 1. The minimum atomic E-state index is -3.92. The van der Waals surface area contributed by atoms with Crippen LogP contribution >= 0.6 is 0 Å². The molecule has 11 heteroatoms. The first-order chi connectivity index (χ1) is 15.2. The molecule has 32 heavy (non-hydrogen) atoms. The molecule has 1 aromatic rings. The van der Waals surface area contributed by atoms with E-state index in [1.807, 2.05) is 0 Å². The fourth-order valence-corrected chi connectivity index (χ4v) is 4.61. The van der Waals surface area contributed by atoms with Crippen molar-refractivity contribution in [2.75, 3.05) is 32.8 Å². The predicted molar refractivity (Wildman–Crippen MR) is 119 cm³/mol. The summed E-state index contributed by atoms with van der Waals surface area (Å²) in [7, 11) is -3.92. The third kappa shape index (κ3) is 7.52. The molecular weight excluding hydrogens is 436 g/mol. The van der Waals surface area contributed by atoms with E-state index in [-0.39, 0.29) is 17.2 Å². The molecule has 0 aromatic heterocycles. The van der Waals surface area contributed by atoms with Gasteiger partial charge in [-0.15, -0.1) is 0 Å². The molecule has 1 heterocycles. The molecule has 2 rings (SSSR count). The maximum Gasteiger partial charge on any atom is 0.262 e. The second-order valence-corrected chi connectivity index (χ2v) is 10.0. The fourth-order valence-electron chi connectivity index (χ4n) is 3.57. The average Bonchev–Trinajstić information content (AvgIpc) is 2.77. The fraction of sp³-hybridized carbons (Fsp3) is 0.619. The van der Waals surface area contributed by atoms with Gasteiger partial charge in [0.2, 0.25) is 10.0 Å². The first-order valence-corrected chi connectivity index (χ1v) is 12.3. The van der Waals surface area contributed by atoms with Crippen LogP contribution in [0.15, 0.2) is 29.2 Å². The zero-order valence-corrected chi connectivity index (χ0v) is 19.7. The summed E-state index contributed by atoms with van der Waals surface area (Å²) in [6.45, 7) is 7.19.